The van der Waals surface area contributed by atoms with Gasteiger partial charge in [0.1, 0.15) is 28.6 Å². The number of piperazine rings is 1. The Hall–Kier alpha value is -2.77. The SMILES string of the molecule is Cc1c(F)c(N)c(F)c(-c2nc3c(cc2F)C(=O)N2C[C@H]4CC[C@@H]([C@H]2[C@H](C)O3)N4C(=O)OC(C)(C)C)c1I. The standard InChI is InChI=1S/C26H28F3IN4O4/c1-10-17(28)20(31)18(29)16(19(10)30)21-14(27)8-13-23(32-21)37-11(2)22-15-7-6-12(9-33(22)24(13)35)34(15)25(36)38-26(3,4)5/h8,11-12,15,22H,6-7,9,31H2,1-5H3/t11-,12+,15-,22+/m0/s1. The molecule has 2 saturated heterocycles. The van der Waals surface area contributed by atoms with Crippen LogP contribution in [-0.4, -0.2) is 63.2 Å². The number of halogens is 4. The maximum atomic E-state index is 15.4. The van der Waals surface area contributed by atoms with E-state index in [1.165, 1.54) is 6.92 Å². The molecule has 38 heavy (non-hydrogen) atoms. The van der Waals surface area contributed by atoms with Crippen LogP contribution in [0.2, 0.25) is 0 Å². The van der Waals surface area contributed by atoms with Gasteiger partial charge in [-0.1, -0.05) is 0 Å². The van der Waals surface area contributed by atoms with E-state index in [9.17, 15) is 14.0 Å². The lowest BCUT2D eigenvalue weighted by atomic mass is 9.97. The van der Waals surface area contributed by atoms with Crippen LogP contribution in [-0.2, 0) is 4.74 Å². The van der Waals surface area contributed by atoms with E-state index in [-0.39, 0.29) is 44.8 Å². The van der Waals surface area contributed by atoms with Crippen LogP contribution in [0.1, 0.15) is 56.5 Å². The Bertz CT molecular complexity index is 1340. The Morgan fingerprint density at radius 2 is 1.92 bits per heavy atom. The van der Waals surface area contributed by atoms with Gasteiger partial charge in [-0.25, -0.2) is 22.9 Å². The number of hydrogen-bond acceptors (Lipinski definition) is 6. The highest BCUT2D eigenvalue weighted by atomic mass is 127. The quantitative estimate of drug-likeness (QED) is 0.346. The summed E-state index contributed by atoms with van der Waals surface area (Å²) in [4.78, 5) is 34.3. The van der Waals surface area contributed by atoms with Gasteiger partial charge in [-0.2, -0.15) is 0 Å². The van der Waals surface area contributed by atoms with E-state index in [1.807, 2.05) is 0 Å². The van der Waals surface area contributed by atoms with Crippen LogP contribution in [0.5, 0.6) is 5.88 Å². The minimum Gasteiger partial charge on any atom is -0.472 e. The molecule has 12 heteroatoms. The fraction of sp³-hybridized carbons (Fsp3) is 0.500. The number of carbonyl (C=O) groups excluding carboxylic acids is 2. The smallest absolute Gasteiger partial charge is 0.410 e. The molecule has 0 radical (unpaired) electrons. The van der Waals surface area contributed by atoms with E-state index in [1.54, 1.807) is 60.1 Å². The third-order valence-electron chi connectivity index (χ3n) is 7.33. The number of nitrogens with zero attached hydrogens (tertiary/aromatic N) is 3. The van der Waals surface area contributed by atoms with Gasteiger partial charge in [-0.3, -0.25) is 9.69 Å². The largest absolute Gasteiger partial charge is 0.472 e. The normalized spacial score (nSPS) is 24.5. The Morgan fingerprint density at radius 1 is 1.24 bits per heavy atom. The Labute approximate surface area is 231 Å². The predicted octanol–water partition coefficient (Wildman–Crippen LogP) is 5.03. The van der Waals surface area contributed by atoms with Gasteiger partial charge >= 0.3 is 6.09 Å². The van der Waals surface area contributed by atoms with E-state index < -0.39 is 58.6 Å². The fourth-order valence-electron chi connectivity index (χ4n) is 5.68. The molecule has 0 unspecified atom stereocenters. The first kappa shape index (κ1) is 26.8. The number of carbonyl (C=O) groups is 2. The lowest BCUT2D eigenvalue weighted by molar-refractivity contribution is -0.0350. The minimum atomic E-state index is -1.14. The number of pyridine rings is 1. The van der Waals surface area contributed by atoms with E-state index in [4.69, 9.17) is 15.2 Å². The molecule has 2 amide bonds. The molecule has 2 fully saturated rings. The van der Waals surface area contributed by atoms with Gasteiger partial charge in [0.05, 0.1) is 23.7 Å². The maximum absolute atomic E-state index is 15.4. The molecule has 2 N–H and O–H groups in total. The van der Waals surface area contributed by atoms with Crippen molar-refractivity contribution in [2.75, 3.05) is 12.3 Å². The molecular formula is C26H28F3IN4O4. The zero-order valence-corrected chi connectivity index (χ0v) is 23.7. The second-order valence-electron chi connectivity index (χ2n) is 11.0. The summed E-state index contributed by atoms with van der Waals surface area (Å²) in [5.41, 5.74) is 3.39. The molecule has 5 rings (SSSR count). The summed E-state index contributed by atoms with van der Waals surface area (Å²) < 4.78 is 56.7. The van der Waals surface area contributed by atoms with Crippen LogP contribution in [0.25, 0.3) is 11.3 Å². The van der Waals surface area contributed by atoms with Crippen molar-refractivity contribution in [2.24, 2.45) is 0 Å². The molecule has 1 aromatic heterocycles. The van der Waals surface area contributed by atoms with Gasteiger partial charge in [0.25, 0.3) is 5.91 Å². The molecule has 2 aromatic rings. The van der Waals surface area contributed by atoms with Crippen LogP contribution in [0.15, 0.2) is 6.07 Å². The van der Waals surface area contributed by atoms with Crippen LogP contribution in [0.4, 0.5) is 23.7 Å². The molecule has 3 aliphatic rings. The number of amides is 2. The Balaban J connectivity index is 1.56. The average Bonchev–Trinajstić information content (AvgIpc) is 3.10. The minimum absolute atomic E-state index is 0.0522. The number of benzene rings is 1. The van der Waals surface area contributed by atoms with Crippen molar-refractivity contribution in [3.63, 3.8) is 0 Å². The summed E-state index contributed by atoms with van der Waals surface area (Å²) >= 11 is 1.71. The summed E-state index contributed by atoms with van der Waals surface area (Å²) in [5.74, 6) is -3.68. The number of nitrogen functional groups attached to an aromatic ring is 1. The summed E-state index contributed by atoms with van der Waals surface area (Å²) in [7, 11) is 0. The summed E-state index contributed by atoms with van der Waals surface area (Å²) in [6.07, 6.45) is 0.251. The third kappa shape index (κ3) is 4.15. The third-order valence-corrected chi connectivity index (χ3v) is 8.68. The van der Waals surface area contributed by atoms with Gasteiger partial charge in [-0.15, -0.1) is 0 Å². The second kappa shape index (κ2) is 9.16. The number of nitrogens with two attached hydrogens (primary N) is 1. The van der Waals surface area contributed by atoms with Crippen LogP contribution in [0.3, 0.4) is 0 Å². The topological polar surface area (TPSA) is 98.0 Å². The molecule has 4 heterocycles. The van der Waals surface area contributed by atoms with Crippen LogP contribution >= 0.6 is 22.6 Å². The highest BCUT2D eigenvalue weighted by molar-refractivity contribution is 14.1. The first-order valence-electron chi connectivity index (χ1n) is 12.3. The molecule has 4 atom stereocenters. The zero-order chi connectivity index (χ0) is 27.8. The fourth-order valence-corrected chi connectivity index (χ4v) is 6.41. The van der Waals surface area contributed by atoms with Gasteiger partial charge in [0.15, 0.2) is 17.5 Å². The van der Waals surface area contributed by atoms with E-state index in [2.05, 4.69) is 4.98 Å². The first-order valence-corrected chi connectivity index (χ1v) is 13.4. The van der Waals surface area contributed by atoms with Crippen molar-refractivity contribution in [1.82, 2.24) is 14.8 Å². The molecule has 0 saturated carbocycles. The Morgan fingerprint density at radius 3 is 2.58 bits per heavy atom. The molecule has 204 valence electrons. The summed E-state index contributed by atoms with van der Waals surface area (Å²) in [6, 6.07) is -0.169. The second-order valence-corrected chi connectivity index (χ2v) is 12.1. The van der Waals surface area contributed by atoms with Crippen molar-refractivity contribution in [2.45, 2.75) is 77.3 Å². The van der Waals surface area contributed by atoms with Crippen molar-refractivity contribution < 1.29 is 32.2 Å². The molecule has 0 aliphatic carbocycles. The maximum Gasteiger partial charge on any atom is 0.410 e. The Kier molecular flexibility index (Phi) is 6.47. The summed E-state index contributed by atoms with van der Waals surface area (Å²) in [6.45, 7) is 8.76. The van der Waals surface area contributed by atoms with Crippen molar-refractivity contribution in [3.05, 3.63) is 38.2 Å². The van der Waals surface area contributed by atoms with E-state index in [0.29, 0.717) is 12.8 Å². The molecular weight excluding hydrogens is 616 g/mol. The first-order chi connectivity index (χ1) is 17.7. The van der Waals surface area contributed by atoms with Crippen molar-refractivity contribution in [1.29, 1.82) is 0 Å². The lowest BCUT2D eigenvalue weighted by Gasteiger charge is -2.47. The lowest BCUT2D eigenvalue weighted by Crippen LogP contribution is -2.65. The monoisotopic (exact) mass is 644 g/mol. The molecule has 2 bridgehead atoms. The molecule has 0 spiro atoms. The number of aromatic nitrogens is 1. The van der Waals surface area contributed by atoms with E-state index in [0.717, 1.165) is 6.07 Å². The van der Waals surface area contributed by atoms with Crippen LogP contribution in [0, 0.1) is 27.9 Å². The van der Waals surface area contributed by atoms with Gasteiger partial charge in [-0.05, 0) is 76.1 Å². The molecule has 3 aliphatic heterocycles. The highest BCUT2D eigenvalue weighted by Crippen LogP contribution is 2.42. The van der Waals surface area contributed by atoms with Gasteiger partial charge < -0.3 is 20.1 Å². The number of ether oxygens (including phenoxy) is 2. The number of hydrogen-bond donors (Lipinski definition) is 1. The number of fused-ring (bicyclic) bond motifs is 5. The van der Waals surface area contributed by atoms with Crippen LogP contribution < -0.4 is 10.5 Å². The molecule has 1 aromatic carbocycles. The summed E-state index contributed by atoms with van der Waals surface area (Å²) in [5, 5.41) is 0. The number of anilines is 1. The van der Waals surface area contributed by atoms with Crippen molar-refractivity contribution in [3.8, 4) is 17.1 Å². The highest BCUT2D eigenvalue weighted by Gasteiger charge is 2.54. The average molecular weight is 644 g/mol. The zero-order valence-electron chi connectivity index (χ0n) is 21.6. The number of rotatable bonds is 1. The molecule has 8 nitrogen and oxygen atoms in total. The van der Waals surface area contributed by atoms with Gasteiger partial charge in [0.2, 0.25) is 5.88 Å². The van der Waals surface area contributed by atoms with E-state index >= 15 is 8.78 Å². The van der Waals surface area contributed by atoms with Gasteiger partial charge in [0, 0.05) is 15.7 Å². The predicted molar refractivity (Wildman–Crippen MR) is 141 cm³/mol. The van der Waals surface area contributed by atoms with Crippen molar-refractivity contribution >= 4 is 40.3 Å².